The number of hydrogen-bond donors (Lipinski definition) is 2. The van der Waals surface area contributed by atoms with Crippen molar-refractivity contribution in [3.63, 3.8) is 0 Å². The molecule has 2 N–H and O–H groups in total. The highest BCUT2D eigenvalue weighted by molar-refractivity contribution is 5.79. The summed E-state index contributed by atoms with van der Waals surface area (Å²) >= 11 is 0. The molecular formula is C15H31N3O4. The minimum Gasteiger partial charge on any atom is -0.382 e. The molecule has 0 amide bonds. The zero-order chi connectivity index (χ0) is 16.1. The Labute approximate surface area is 133 Å². The van der Waals surface area contributed by atoms with E-state index in [0.29, 0.717) is 19.8 Å². The second kappa shape index (κ2) is 11.6. The lowest BCUT2D eigenvalue weighted by atomic mass is 9.94. The molecule has 0 atom stereocenters. The number of nitrogens with zero attached hydrogens (tertiary/aromatic N) is 1. The molecular weight excluding hydrogens is 286 g/mol. The fourth-order valence-corrected chi connectivity index (χ4v) is 2.29. The molecule has 0 aromatic rings. The Kier molecular flexibility index (Phi) is 10.1. The second-order valence-corrected chi connectivity index (χ2v) is 5.31. The smallest absolute Gasteiger partial charge is 0.191 e. The Morgan fingerprint density at radius 2 is 1.91 bits per heavy atom. The molecule has 130 valence electrons. The summed E-state index contributed by atoms with van der Waals surface area (Å²) in [5, 5.41) is 6.62. The molecule has 1 saturated heterocycles. The number of ether oxygens (including phenoxy) is 4. The molecule has 1 fully saturated rings. The maximum absolute atomic E-state index is 5.70. The van der Waals surface area contributed by atoms with Gasteiger partial charge in [0.1, 0.15) is 0 Å². The van der Waals surface area contributed by atoms with Crippen LogP contribution in [0.2, 0.25) is 0 Å². The van der Waals surface area contributed by atoms with Crippen molar-refractivity contribution in [2.45, 2.75) is 24.9 Å². The standard InChI is InChI=1S/C15H31N3O4/c1-16-14(17-7-4-8-21-12-11-19-2)18-13-15(20-3)5-9-22-10-6-15/h4-13H2,1-3H3,(H2,16,17,18). The highest BCUT2D eigenvalue weighted by atomic mass is 16.5. The summed E-state index contributed by atoms with van der Waals surface area (Å²) < 4.78 is 21.4. The van der Waals surface area contributed by atoms with Crippen LogP contribution in [0.15, 0.2) is 4.99 Å². The number of methoxy groups -OCH3 is 2. The van der Waals surface area contributed by atoms with Crippen LogP contribution in [0.25, 0.3) is 0 Å². The van der Waals surface area contributed by atoms with E-state index < -0.39 is 0 Å². The molecule has 0 radical (unpaired) electrons. The normalized spacial score (nSPS) is 18.2. The van der Waals surface area contributed by atoms with Gasteiger partial charge < -0.3 is 29.6 Å². The Balaban J connectivity index is 2.16. The quantitative estimate of drug-likeness (QED) is 0.345. The molecule has 0 unspecified atom stereocenters. The van der Waals surface area contributed by atoms with E-state index in [4.69, 9.17) is 18.9 Å². The highest BCUT2D eigenvalue weighted by Crippen LogP contribution is 2.23. The van der Waals surface area contributed by atoms with Crippen LogP contribution in [0.4, 0.5) is 0 Å². The van der Waals surface area contributed by atoms with Crippen LogP contribution < -0.4 is 10.6 Å². The number of guanidine groups is 1. The van der Waals surface area contributed by atoms with Crippen molar-refractivity contribution in [3.05, 3.63) is 0 Å². The third-order valence-electron chi connectivity index (χ3n) is 3.83. The largest absolute Gasteiger partial charge is 0.382 e. The fourth-order valence-electron chi connectivity index (χ4n) is 2.29. The van der Waals surface area contributed by atoms with Crippen LogP contribution in [0.1, 0.15) is 19.3 Å². The van der Waals surface area contributed by atoms with Crippen LogP contribution in [-0.4, -0.2) is 79.0 Å². The van der Waals surface area contributed by atoms with Crippen molar-refractivity contribution >= 4 is 5.96 Å². The first-order chi connectivity index (χ1) is 10.8. The number of hydrogen-bond acceptors (Lipinski definition) is 5. The third-order valence-corrected chi connectivity index (χ3v) is 3.83. The molecule has 1 aliphatic rings. The van der Waals surface area contributed by atoms with E-state index in [-0.39, 0.29) is 5.60 Å². The van der Waals surface area contributed by atoms with Crippen molar-refractivity contribution in [1.82, 2.24) is 10.6 Å². The van der Waals surface area contributed by atoms with Gasteiger partial charge in [-0.15, -0.1) is 0 Å². The zero-order valence-electron chi connectivity index (χ0n) is 14.2. The van der Waals surface area contributed by atoms with Crippen LogP contribution in [0.5, 0.6) is 0 Å². The van der Waals surface area contributed by atoms with Gasteiger partial charge in [-0.2, -0.15) is 0 Å². The lowest BCUT2D eigenvalue weighted by Crippen LogP contribution is -2.50. The number of aliphatic imine (C=N–C) groups is 1. The van der Waals surface area contributed by atoms with Crippen molar-refractivity contribution in [2.75, 3.05) is 67.4 Å². The van der Waals surface area contributed by atoms with Crippen LogP contribution in [0.3, 0.4) is 0 Å². The van der Waals surface area contributed by atoms with Crippen LogP contribution in [0, 0.1) is 0 Å². The molecule has 22 heavy (non-hydrogen) atoms. The van der Waals surface area contributed by atoms with E-state index in [1.807, 2.05) is 0 Å². The van der Waals surface area contributed by atoms with Gasteiger partial charge in [-0.05, 0) is 6.42 Å². The predicted molar refractivity (Wildman–Crippen MR) is 86.5 cm³/mol. The van der Waals surface area contributed by atoms with Crippen molar-refractivity contribution in [1.29, 1.82) is 0 Å². The van der Waals surface area contributed by atoms with E-state index >= 15 is 0 Å². The topological polar surface area (TPSA) is 73.3 Å². The summed E-state index contributed by atoms with van der Waals surface area (Å²) in [6, 6.07) is 0. The van der Waals surface area contributed by atoms with Gasteiger partial charge in [0.15, 0.2) is 5.96 Å². The first kappa shape index (κ1) is 19.2. The minimum atomic E-state index is -0.154. The molecule has 7 nitrogen and oxygen atoms in total. The molecule has 1 heterocycles. The van der Waals surface area contributed by atoms with Gasteiger partial charge in [0.05, 0.1) is 18.8 Å². The maximum Gasteiger partial charge on any atom is 0.191 e. The molecule has 0 spiro atoms. The first-order valence-corrected chi connectivity index (χ1v) is 7.90. The van der Waals surface area contributed by atoms with Gasteiger partial charge >= 0.3 is 0 Å². The number of nitrogens with one attached hydrogen (secondary N) is 2. The molecule has 0 saturated carbocycles. The minimum absolute atomic E-state index is 0.154. The van der Waals surface area contributed by atoms with Gasteiger partial charge in [-0.3, -0.25) is 4.99 Å². The summed E-state index contributed by atoms with van der Waals surface area (Å²) in [5.74, 6) is 0.791. The average molecular weight is 317 g/mol. The first-order valence-electron chi connectivity index (χ1n) is 7.90. The lowest BCUT2D eigenvalue weighted by Gasteiger charge is -2.36. The molecule has 7 heteroatoms. The van der Waals surface area contributed by atoms with E-state index in [0.717, 1.165) is 51.5 Å². The Hall–Kier alpha value is -0.890. The Morgan fingerprint density at radius 1 is 1.14 bits per heavy atom. The summed E-state index contributed by atoms with van der Waals surface area (Å²) in [4.78, 5) is 4.23. The van der Waals surface area contributed by atoms with Gasteiger partial charge in [0, 0.05) is 67.0 Å². The summed E-state index contributed by atoms with van der Waals surface area (Å²) in [6.45, 7) is 5.04. The van der Waals surface area contributed by atoms with Gasteiger partial charge in [0.25, 0.3) is 0 Å². The van der Waals surface area contributed by atoms with Gasteiger partial charge in [-0.1, -0.05) is 0 Å². The summed E-state index contributed by atoms with van der Waals surface area (Å²) in [7, 11) is 5.21. The SMILES string of the molecule is CN=C(NCCCOCCOC)NCC1(OC)CCOCC1. The summed E-state index contributed by atoms with van der Waals surface area (Å²) in [6.07, 6.45) is 2.73. The van der Waals surface area contributed by atoms with E-state index in [9.17, 15) is 0 Å². The molecule has 1 aliphatic heterocycles. The molecule has 0 aromatic carbocycles. The highest BCUT2D eigenvalue weighted by Gasteiger charge is 2.32. The average Bonchev–Trinajstić information content (AvgIpc) is 2.57. The number of rotatable bonds is 10. The van der Waals surface area contributed by atoms with E-state index in [1.165, 1.54) is 0 Å². The third kappa shape index (κ3) is 7.40. The van der Waals surface area contributed by atoms with E-state index in [2.05, 4.69) is 15.6 Å². The van der Waals surface area contributed by atoms with Crippen molar-refractivity contribution in [3.8, 4) is 0 Å². The van der Waals surface area contributed by atoms with Gasteiger partial charge in [-0.25, -0.2) is 0 Å². The summed E-state index contributed by atoms with van der Waals surface area (Å²) in [5.41, 5.74) is -0.154. The maximum atomic E-state index is 5.70. The van der Waals surface area contributed by atoms with Crippen molar-refractivity contribution in [2.24, 2.45) is 4.99 Å². The predicted octanol–water partition coefficient (Wildman–Crippen LogP) is 0.400. The zero-order valence-corrected chi connectivity index (χ0v) is 14.2. The molecule has 0 aliphatic carbocycles. The lowest BCUT2D eigenvalue weighted by molar-refractivity contribution is -0.0855. The van der Waals surface area contributed by atoms with Crippen LogP contribution >= 0.6 is 0 Å². The monoisotopic (exact) mass is 317 g/mol. The Bertz CT molecular complexity index is 307. The molecule has 0 bridgehead atoms. The molecule has 0 aromatic heterocycles. The molecule has 1 rings (SSSR count). The van der Waals surface area contributed by atoms with Crippen LogP contribution in [-0.2, 0) is 18.9 Å². The van der Waals surface area contributed by atoms with Crippen molar-refractivity contribution < 1.29 is 18.9 Å². The van der Waals surface area contributed by atoms with E-state index in [1.54, 1.807) is 21.3 Å². The second-order valence-electron chi connectivity index (χ2n) is 5.31. The fraction of sp³-hybridized carbons (Fsp3) is 0.933. The van der Waals surface area contributed by atoms with Gasteiger partial charge in [0.2, 0.25) is 0 Å². The Morgan fingerprint density at radius 3 is 2.55 bits per heavy atom.